The first-order valence-corrected chi connectivity index (χ1v) is 11.9. The highest BCUT2D eigenvalue weighted by Crippen LogP contribution is 2.29. The van der Waals surface area contributed by atoms with E-state index in [4.69, 9.17) is 23.7 Å². The van der Waals surface area contributed by atoms with Crippen molar-refractivity contribution in [2.75, 3.05) is 60.8 Å². The van der Waals surface area contributed by atoms with E-state index in [0.717, 1.165) is 66.9 Å². The molecule has 1 aliphatic heterocycles. The quantitative estimate of drug-likeness (QED) is 0.424. The standard InChI is InChI=1S/C28H33N3O5/c1-32-26-11-5-21(18-28(26)34-3)4-8-23-19-24(30-29-23)9-6-22-7-10-25(20-27(22)33-2)36-17-14-31-12-15-35-16-13-31/h4-11,18-20H,12-17H2,1-3H3,(H,29,30)/b8-4+,9-6+. The highest BCUT2D eigenvalue weighted by atomic mass is 16.5. The van der Waals surface area contributed by atoms with Gasteiger partial charge in [0.15, 0.2) is 11.5 Å². The van der Waals surface area contributed by atoms with Gasteiger partial charge < -0.3 is 23.7 Å². The predicted molar refractivity (Wildman–Crippen MR) is 142 cm³/mol. The number of methoxy groups -OCH3 is 3. The van der Waals surface area contributed by atoms with Crippen LogP contribution in [-0.2, 0) is 4.74 Å². The Morgan fingerprint density at radius 3 is 2.44 bits per heavy atom. The summed E-state index contributed by atoms with van der Waals surface area (Å²) in [6.07, 6.45) is 7.88. The first kappa shape index (κ1) is 25.3. The molecule has 0 aliphatic carbocycles. The zero-order valence-corrected chi connectivity index (χ0v) is 21.0. The Bertz CT molecular complexity index is 1180. The summed E-state index contributed by atoms with van der Waals surface area (Å²) in [6.45, 7) is 5.01. The Balaban J connectivity index is 1.35. The fraction of sp³-hybridized carbons (Fsp3) is 0.321. The summed E-state index contributed by atoms with van der Waals surface area (Å²) in [6, 6.07) is 13.6. The number of aromatic amines is 1. The summed E-state index contributed by atoms with van der Waals surface area (Å²) in [5, 5.41) is 7.42. The highest BCUT2D eigenvalue weighted by molar-refractivity contribution is 5.74. The minimum Gasteiger partial charge on any atom is -0.496 e. The molecule has 8 nitrogen and oxygen atoms in total. The lowest BCUT2D eigenvalue weighted by Gasteiger charge is -2.26. The molecule has 1 N–H and O–H groups in total. The highest BCUT2D eigenvalue weighted by Gasteiger charge is 2.10. The number of nitrogens with zero attached hydrogens (tertiary/aromatic N) is 2. The molecule has 0 unspecified atom stereocenters. The van der Waals surface area contributed by atoms with E-state index in [1.54, 1.807) is 21.3 Å². The number of morpholine rings is 1. The van der Waals surface area contributed by atoms with Gasteiger partial charge in [-0.2, -0.15) is 5.10 Å². The molecule has 1 saturated heterocycles. The van der Waals surface area contributed by atoms with Crippen LogP contribution in [0.1, 0.15) is 22.5 Å². The lowest BCUT2D eigenvalue weighted by Crippen LogP contribution is -2.38. The average molecular weight is 492 g/mol. The second-order valence-corrected chi connectivity index (χ2v) is 8.24. The third-order valence-corrected chi connectivity index (χ3v) is 5.90. The van der Waals surface area contributed by atoms with E-state index < -0.39 is 0 Å². The van der Waals surface area contributed by atoms with Crippen molar-refractivity contribution in [3.63, 3.8) is 0 Å². The van der Waals surface area contributed by atoms with E-state index in [1.165, 1.54) is 0 Å². The summed E-state index contributed by atoms with van der Waals surface area (Å²) < 4.78 is 27.6. The topological polar surface area (TPSA) is 78.1 Å². The van der Waals surface area contributed by atoms with Crippen LogP contribution in [0.4, 0.5) is 0 Å². The zero-order chi connectivity index (χ0) is 25.2. The summed E-state index contributed by atoms with van der Waals surface area (Å²) in [5.41, 5.74) is 3.65. The van der Waals surface area contributed by atoms with Crippen molar-refractivity contribution in [3.8, 4) is 23.0 Å². The van der Waals surface area contributed by atoms with Crippen LogP contribution in [0.5, 0.6) is 23.0 Å². The summed E-state index contributed by atoms with van der Waals surface area (Å²) in [7, 11) is 4.91. The molecule has 1 aliphatic rings. The Kier molecular flexibility index (Phi) is 9.02. The lowest BCUT2D eigenvalue weighted by atomic mass is 10.1. The summed E-state index contributed by atoms with van der Waals surface area (Å²) in [4.78, 5) is 2.35. The third-order valence-electron chi connectivity index (χ3n) is 5.90. The number of aromatic nitrogens is 2. The molecule has 0 radical (unpaired) electrons. The molecule has 190 valence electrons. The van der Waals surface area contributed by atoms with Crippen molar-refractivity contribution in [2.45, 2.75) is 0 Å². The van der Waals surface area contributed by atoms with E-state index >= 15 is 0 Å². The van der Waals surface area contributed by atoms with Crippen molar-refractivity contribution in [1.82, 2.24) is 15.1 Å². The van der Waals surface area contributed by atoms with Crippen LogP contribution in [0.2, 0.25) is 0 Å². The average Bonchev–Trinajstić information content (AvgIpc) is 3.39. The van der Waals surface area contributed by atoms with Crippen molar-refractivity contribution in [3.05, 3.63) is 65.0 Å². The number of rotatable bonds is 11. The second kappa shape index (κ2) is 12.8. The molecule has 3 aromatic rings. The van der Waals surface area contributed by atoms with Crippen LogP contribution < -0.4 is 18.9 Å². The SMILES string of the molecule is COc1cc(OCCN2CCOCC2)ccc1/C=C/c1cc(/C=C/c2ccc(OC)c(OC)c2)n[nH]1. The molecule has 0 saturated carbocycles. The Morgan fingerprint density at radius 1 is 0.861 bits per heavy atom. The van der Waals surface area contributed by atoms with E-state index in [2.05, 4.69) is 15.1 Å². The molecule has 1 aromatic heterocycles. The minimum atomic E-state index is 0.631. The molecule has 0 amide bonds. The lowest BCUT2D eigenvalue weighted by molar-refractivity contribution is 0.0322. The number of ether oxygens (including phenoxy) is 5. The molecular weight excluding hydrogens is 458 g/mol. The zero-order valence-electron chi connectivity index (χ0n) is 21.0. The van der Waals surface area contributed by atoms with Crippen LogP contribution in [0.15, 0.2) is 42.5 Å². The van der Waals surface area contributed by atoms with Gasteiger partial charge in [0, 0.05) is 31.3 Å². The fourth-order valence-electron chi connectivity index (χ4n) is 3.88. The maximum atomic E-state index is 5.94. The van der Waals surface area contributed by atoms with Crippen molar-refractivity contribution in [2.24, 2.45) is 0 Å². The first-order valence-electron chi connectivity index (χ1n) is 11.9. The largest absolute Gasteiger partial charge is 0.496 e. The Labute approximate surface area is 212 Å². The smallest absolute Gasteiger partial charge is 0.161 e. The third kappa shape index (κ3) is 6.90. The number of benzene rings is 2. The van der Waals surface area contributed by atoms with Crippen LogP contribution in [0, 0.1) is 0 Å². The Hall–Kier alpha value is -3.75. The van der Waals surface area contributed by atoms with Crippen molar-refractivity contribution >= 4 is 24.3 Å². The van der Waals surface area contributed by atoms with Crippen molar-refractivity contribution in [1.29, 1.82) is 0 Å². The molecule has 1 fully saturated rings. The van der Waals surface area contributed by atoms with Crippen LogP contribution in [-0.4, -0.2) is 75.9 Å². The summed E-state index contributed by atoms with van der Waals surface area (Å²) >= 11 is 0. The molecule has 2 heterocycles. The van der Waals surface area contributed by atoms with Gasteiger partial charge in [0.2, 0.25) is 0 Å². The van der Waals surface area contributed by atoms with Gasteiger partial charge in [-0.25, -0.2) is 0 Å². The van der Waals surface area contributed by atoms with Gasteiger partial charge >= 0.3 is 0 Å². The maximum absolute atomic E-state index is 5.94. The van der Waals surface area contributed by atoms with Gasteiger partial charge in [-0.1, -0.05) is 12.1 Å². The van der Waals surface area contributed by atoms with Gasteiger partial charge in [-0.05, 0) is 54.1 Å². The molecule has 8 heteroatoms. The molecule has 0 bridgehead atoms. The molecule has 2 aromatic carbocycles. The van der Waals surface area contributed by atoms with Gasteiger partial charge in [0.25, 0.3) is 0 Å². The van der Waals surface area contributed by atoms with Gasteiger partial charge in [0.1, 0.15) is 18.1 Å². The predicted octanol–water partition coefficient (Wildman–Crippen LogP) is 4.49. The normalized spacial score (nSPS) is 14.4. The minimum absolute atomic E-state index is 0.631. The molecule has 4 rings (SSSR count). The van der Waals surface area contributed by atoms with Gasteiger partial charge in [0.05, 0.1) is 45.9 Å². The van der Waals surface area contributed by atoms with Crippen LogP contribution in [0.25, 0.3) is 24.3 Å². The molecular formula is C28H33N3O5. The second-order valence-electron chi connectivity index (χ2n) is 8.24. The van der Waals surface area contributed by atoms with E-state index in [1.807, 2.05) is 66.8 Å². The molecule has 0 spiro atoms. The van der Waals surface area contributed by atoms with Crippen LogP contribution in [0.3, 0.4) is 0 Å². The monoisotopic (exact) mass is 491 g/mol. The van der Waals surface area contributed by atoms with Gasteiger partial charge in [-0.3, -0.25) is 10.00 Å². The van der Waals surface area contributed by atoms with E-state index in [0.29, 0.717) is 18.1 Å². The number of hydrogen-bond donors (Lipinski definition) is 1. The molecule has 36 heavy (non-hydrogen) atoms. The van der Waals surface area contributed by atoms with Gasteiger partial charge in [-0.15, -0.1) is 0 Å². The number of hydrogen-bond acceptors (Lipinski definition) is 7. The maximum Gasteiger partial charge on any atom is 0.161 e. The first-order chi connectivity index (χ1) is 17.7. The number of nitrogens with one attached hydrogen (secondary N) is 1. The summed E-state index contributed by atoms with van der Waals surface area (Å²) in [5.74, 6) is 2.93. The molecule has 0 atom stereocenters. The Morgan fingerprint density at radius 2 is 1.67 bits per heavy atom. The number of H-pyrrole nitrogens is 1. The van der Waals surface area contributed by atoms with E-state index in [9.17, 15) is 0 Å². The fourth-order valence-corrected chi connectivity index (χ4v) is 3.88. The van der Waals surface area contributed by atoms with E-state index in [-0.39, 0.29) is 0 Å². The van der Waals surface area contributed by atoms with Crippen molar-refractivity contribution < 1.29 is 23.7 Å². The van der Waals surface area contributed by atoms with Crippen LogP contribution >= 0.6 is 0 Å².